The third-order valence-corrected chi connectivity index (χ3v) is 4.57. The molecule has 0 spiro atoms. The van der Waals surface area contributed by atoms with E-state index in [9.17, 15) is 14.4 Å². The van der Waals surface area contributed by atoms with Crippen LogP contribution in [0.1, 0.15) is 29.3 Å². The normalized spacial score (nSPS) is 10.3. The first-order chi connectivity index (χ1) is 14.9. The lowest BCUT2D eigenvalue weighted by Crippen LogP contribution is -2.17. The standard InChI is InChI=1S/C24H21ClN2O4/c1-16(28)31-20-9-5-7-18(15-20)24(30)27-22-11-3-2-10-21(22)26-23(29)13-12-17-6-4-8-19(25)14-17/h2-11,14-15H,12-13H2,1H3,(H,26,29)(H,27,30). The van der Waals surface area contributed by atoms with Crippen LogP contribution in [0.25, 0.3) is 0 Å². The van der Waals surface area contributed by atoms with E-state index < -0.39 is 11.9 Å². The van der Waals surface area contributed by atoms with Crippen LogP contribution in [0.3, 0.4) is 0 Å². The zero-order valence-corrected chi connectivity index (χ0v) is 17.6. The number of esters is 1. The summed E-state index contributed by atoms with van der Waals surface area (Å²) in [5, 5.41) is 6.24. The van der Waals surface area contributed by atoms with E-state index in [-0.39, 0.29) is 18.1 Å². The molecule has 0 aliphatic rings. The molecule has 3 aromatic carbocycles. The molecule has 0 heterocycles. The first-order valence-corrected chi connectivity index (χ1v) is 10.0. The lowest BCUT2D eigenvalue weighted by atomic mass is 10.1. The number of halogens is 1. The summed E-state index contributed by atoms with van der Waals surface area (Å²) in [4.78, 5) is 36.2. The lowest BCUT2D eigenvalue weighted by molar-refractivity contribution is -0.131. The third-order valence-electron chi connectivity index (χ3n) is 4.34. The average molecular weight is 437 g/mol. The maximum Gasteiger partial charge on any atom is 0.308 e. The number of ether oxygens (including phenoxy) is 1. The molecule has 0 fully saturated rings. The summed E-state index contributed by atoms with van der Waals surface area (Å²) in [5.41, 5.74) is 2.24. The molecule has 3 aromatic rings. The van der Waals surface area contributed by atoms with E-state index in [0.29, 0.717) is 28.4 Å². The highest BCUT2D eigenvalue weighted by Crippen LogP contribution is 2.23. The van der Waals surface area contributed by atoms with Crippen molar-refractivity contribution < 1.29 is 19.1 Å². The SMILES string of the molecule is CC(=O)Oc1cccc(C(=O)Nc2ccccc2NC(=O)CCc2cccc(Cl)c2)c1. The van der Waals surface area contributed by atoms with Gasteiger partial charge in [0.2, 0.25) is 5.91 Å². The van der Waals surface area contributed by atoms with Gasteiger partial charge in [0.15, 0.2) is 0 Å². The number of carbonyl (C=O) groups is 3. The highest BCUT2D eigenvalue weighted by Gasteiger charge is 2.12. The molecule has 31 heavy (non-hydrogen) atoms. The number of amides is 2. The second-order valence-corrected chi connectivity index (χ2v) is 7.24. The highest BCUT2D eigenvalue weighted by atomic mass is 35.5. The van der Waals surface area contributed by atoms with Gasteiger partial charge in [0.1, 0.15) is 5.75 Å². The minimum atomic E-state index is -0.469. The van der Waals surface area contributed by atoms with Gasteiger partial charge in [-0.15, -0.1) is 0 Å². The molecular formula is C24H21ClN2O4. The second kappa shape index (κ2) is 10.4. The van der Waals surface area contributed by atoms with E-state index >= 15 is 0 Å². The Balaban J connectivity index is 1.65. The van der Waals surface area contributed by atoms with Crippen molar-refractivity contribution in [1.29, 1.82) is 0 Å². The Bertz CT molecular complexity index is 1110. The topological polar surface area (TPSA) is 84.5 Å². The van der Waals surface area contributed by atoms with Gasteiger partial charge in [0.25, 0.3) is 5.91 Å². The van der Waals surface area contributed by atoms with Gasteiger partial charge in [-0.2, -0.15) is 0 Å². The molecule has 0 aliphatic carbocycles. The maximum atomic E-state index is 12.7. The maximum absolute atomic E-state index is 12.7. The Hall–Kier alpha value is -3.64. The molecule has 2 N–H and O–H groups in total. The van der Waals surface area contributed by atoms with Crippen LogP contribution < -0.4 is 15.4 Å². The van der Waals surface area contributed by atoms with Crippen LogP contribution >= 0.6 is 11.6 Å². The van der Waals surface area contributed by atoms with Crippen LogP contribution in [0, 0.1) is 0 Å². The van der Waals surface area contributed by atoms with Gasteiger partial charge in [0, 0.05) is 23.9 Å². The van der Waals surface area contributed by atoms with E-state index in [0.717, 1.165) is 5.56 Å². The largest absolute Gasteiger partial charge is 0.427 e. The predicted octanol–water partition coefficient (Wildman–Crippen LogP) is 5.09. The fourth-order valence-corrected chi connectivity index (χ4v) is 3.14. The van der Waals surface area contributed by atoms with Crippen molar-refractivity contribution in [3.63, 3.8) is 0 Å². The Morgan fingerprint density at radius 2 is 1.58 bits per heavy atom. The van der Waals surface area contributed by atoms with E-state index in [4.69, 9.17) is 16.3 Å². The Morgan fingerprint density at radius 3 is 2.29 bits per heavy atom. The minimum absolute atomic E-state index is 0.182. The molecule has 6 nitrogen and oxygen atoms in total. The molecule has 0 unspecified atom stereocenters. The predicted molar refractivity (Wildman–Crippen MR) is 121 cm³/mol. The summed E-state index contributed by atoms with van der Waals surface area (Å²) in [7, 11) is 0. The Morgan fingerprint density at radius 1 is 0.871 bits per heavy atom. The van der Waals surface area contributed by atoms with Gasteiger partial charge in [-0.3, -0.25) is 14.4 Å². The number of anilines is 2. The number of aryl methyl sites for hydroxylation is 1. The van der Waals surface area contributed by atoms with Gasteiger partial charge >= 0.3 is 5.97 Å². The highest BCUT2D eigenvalue weighted by molar-refractivity contribution is 6.30. The summed E-state index contributed by atoms with van der Waals surface area (Å²) in [6.45, 7) is 1.29. The van der Waals surface area contributed by atoms with Crippen LogP contribution in [0.5, 0.6) is 5.75 Å². The van der Waals surface area contributed by atoms with Crippen molar-refractivity contribution in [2.24, 2.45) is 0 Å². The first-order valence-electron chi connectivity index (χ1n) is 9.64. The summed E-state index contributed by atoms with van der Waals surface area (Å²) in [6, 6.07) is 20.6. The zero-order valence-electron chi connectivity index (χ0n) is 16.9. The molecule has 7 heteroatoms. The van der Waals surface area contributed by atoms with E-state index in [1.165, 1.54) is 13.0 Å². The number of hydrogen-bond donors (Lipinski definition) is 2. The molecule has 0 aromatic heterocycles. The minimum Gasteiger partial charge on any atom is -0.427 e. The summed E-state index contributed by atoms with van der Waals surface area (Å²) < 4.78 is 5.02. The van der Waals surface area contributed by atoms with E-state index in [1.807, 2.05) is 18.2 Å². The summed E-state index contributed by atoms with van der Waals surface area (Å²) >= 11 is 5.98. The van der Waals surface area contributed by atoms with Crippen molar-refractivity contribution in [1.82, 2.24) is 0 Å². The van der Waals surface area contributed by atoms with Gasteiger partial charge < -0.3 is 15.4 Å². The van der Waals surface area contributed by atoms with Crippen molar-refractivity contribution >= 4 is 40.8 Å². The molecule has 2 amide bonds. The molecule has 0 radical (unpaired) electrons. The summed E-state index contributed by atoms with van der Waals surface area (Å²) in [6.07, 6.45) is 0.816. The van der Waals surface area contributed by atoms with Crippen LogP contribution in [-0.4, -0.2) is 17.8 Å². The molecule has 3 rings (SSSR count). The summed E-state index contributed by atoms with van der Waals surface area (Å²) in [5.74, 6) is -0.765. The average Bonchev–Trinajstić information content (AvgIpc) is 2.73. The van der Waals surface area contributed by atoms with Gasteiger partial charge in [-0.05, 0) is 54.4 Å². The van der Waals surface area contributed by atoms with Crippen LogP contribution in [0.4, 0.5) is 11.4 Å². The fourth-order valence-electron chi connectivity index (χ4n) is 2.93. The van der Waals surface area contributed by atoms with Gasteiger partial charge in [0.05, 0.1) is 11.4 Å². The molecule has 0 aliphatic heterocycles. The fraction of sp³-hybridized carbons (Fsp3) is 0.125. The number of nitrogens with one attached hydrogen (secondary N) is 2. The first kappa shape index (κ1) is 22.1. The number of hydrogen-bond acceptors (Lipinski definition) is 4. The van der Waals surface area contributed by atoms with Crippen molar-refractivity contribution in [2.45, 2.75) is 19.8 Å². The van der Waals surface area contributed by atoms with Crippen molar-refractivity contribution in [3.05, 3.63) is 88.9 Å². The number of benzene rings is 3. The Kier molecular flexibility index (Phi) is 7.40. The number of para-hydroxylation sites is 2. The van der Waals surface area contributed by atoms with Crippen LogP contribution in [-0.2, 0) is 16.0 Å². The smallest absolute Gasteiger partial charge is 0.308 e. The molecule has 0 saturated heterocycles. The zero-order chi connectivity index (χ0) is 22.2. The van der Waals surface area contributed by atoms with Crippen molar-refractivity contribution in [3.8, 4) is 5.75 Å². The molecule has 0 saturated carbocycles. The van der Waals surface area contributed by atoms with Gasteiger partial charge in [-0.25, -0.2) is 0 Å². The molecule has 0 bridgehead atoms. The molecular weight excluding hydrogens is 416 g/mol. The van der Waals surface area contributed by atoms with Crippen molar-refractivity contribution in [2.75, 3.05) is 10.6 Å². The third kappa shape index (κ3) is 6.69. The quantitative estimate of drug-likeness (QED) is 0.399. The van der Waals surface area contributed by atoms with Crippen LogP contribution in [0.15, 0.2) is 72.8 Å². The van der Waals surface area contributed by atoms with E-state index in [2.05, 4.69) is 10.6 Å². The second-order valence-electron chi connectivity index (χ2n) is 6.80. The van der Waals surface area contributed by atoms with Gasteiger partial charge in [-0.1, -0.05) is 41.9 Å². The lowest BCUT2D eigenvalue weighted by Gasteiger charge is -2.13. The molecule has 0 atom stereocenters. The molecule has 158 valence electrons. The van der Waals surface area contributed by atoms with Crippen LogP contribution in [0.2, 0.25) is 5.02 Å². The number of carbonyl (C=O) groups excluding carboxylic acids is 3. The Labute approximate surface area is 185 Å². The number of rotatable bonds is 7. The monoisotopic (exact) mass is 436 g/mol. The van der Waals surface area contributed by atoms with E-state index in [1.54, 1.807) is 48.5 Å².